The number of nitrogens with zero attached hydrogens (tertiary/aromatic N) is 2. The summed E-state index contributed by atoms with van der Waals surface area (Å²) in [6, 6.07) is 7.61. The van der Waals surface area contributed by atoms with E-state index in [1.165, 1.54) is 0 Å². The zero-order valence-electron chi connectivity index (χ0n) is 9.52. The van der Waals surface area contributed by atoms with Gasteiger partial charge in [-0.3, -0.25) is 9.79 Å². The van der Waals surface area contributed by atoms with Gasteiger partial charge in [-0.2, -0.15) is 0 Å². The normalized spacial score (nSPS) is 14.6. The molecule has 0 aliphatic carbocycles. The lowest BCUT2D eigenvalue weighted by Crippen LogP contribution is -2.33. The van der Waals surface area contributed by atoms with Gasteiger partial charge in [0.2, 0.25) is 5.91 Å². The molecule has 1 aromatic carbocycles. The average Bonchev–Trinajstić information content (AvgIpc) is 2.42. The number of para-hydroxylation sites is 1. The number of carbonyl (C=O) groups is 1. The quantitative estimate of drug-likeness (QED) is 0.815. The van der Waals surface area contributed by atoms with Crippen molar-refractivity contribution in [3.63, 3.8) is 0 Å². The number of benzodiazepines with no additional fused rings is 1. The molecule has 1 amide bonds. The van der Waals surface area contributed by atoms with Crippen LogP contribution in [0.5, 0.6) is 0 Å². The van der Waals surface area contributed by atoms with Gasteiger partial charge in [0.05, 0.1) is 5.69 Å². The first-order valence-corrected chi connectivity index (χ1v) is 5.71. The molecule has 92 valence electrons. The molecular formula is C12H14Cl2N2O. The van der Waals surface area contributed by atoms with Gasteiger partial charge in [0.25, 0.3) is 0 Å². The Bertz CT molecular complexity index is 446. The van der Waals surface area contributed by atoms with Gasteiger partial charge in [-0.25, -0.2) is 0 Å². The van der Waals surface area contributed by atoms with E-state index in [9.17, 15) is 4.79 Å². The molecule has 1 heterocycles. The van der Waals surface area contributed by atoms with Crippen LogP contribution in [0.2, 0.25) is 0 Å². The molecule has 0 spiro atoms. The second kappa shape index (κ2) is 6.03. The van der Waals surface area contributed by atoms with Crippen LogP contribution in [-0.4, -0.2) is 24.2 Å². The number of hydrogen-bond acceptors (Lipinski definition) is 2. The number of halogens is 2. The summed E-state index contributed by atoms with van der Waals surface area (Å²) in [5.41, 5.74) is 1.70. The Hall–Kier alpha value is -1.06. The van der Waals surface area contributed by atoms with Crippen molar-refractivity contribution in [2.45, 2.75) is 13.3 Å². The lowest BCUT2D eigenvalue weighted by atomic mass is 10.1. The van der Waals surface area contributed by atoms with Crippen molar-refractivity contribution in [3.8, 4) is 0 Å². The largest absolute Gasteiger partial charge is 0.310 e. The number of amides is 1. The number of aliphatic imine (C=N–C) groups is 1. The molecule has 3 nitrogen and oxygen atoms in total. The Labute approximate surface area is 112 Å². The first-order chi connectivity index (χ1) is 7.74. The van der Waals surface area contributed by atoms with Crippen LogP contribution in [-0.2, 0) is 4.79 Å². The highest BCUT2D eigenvalue weighted by Crippen LogP contribution is 2.25. The molecule has 0 aromatic heterocycles. The molecule has 0 saturated heterocycles. The summed E-state index contributed by atoms with van der Waals surface area (Å²) < 4.78 is 0. The summed E-state index contributed by atoms with van der Waals surface area (Å²) in [5, 5.41) is 0.419. The summed E-state index contributed by atoms with van der Waals surface area (Å²) in [6.45, 7) is 2.88. The highest BCUT2D eigenvalue weighted by Gasteiger charge is 2.22. The maximum absolute atomic E-state index is 11.9. The maximum atomic E-state index is 11.9. The minimum Gasteiger partial charge on any atom is -0.310 e. The number of anilines is 1. The first kappa shape index (κ1) is 14.0. The number of hydrogen-bond donors (Lipinski definition) is 0. The standard InChI is InChI=1S/C12H13ClN2O.ClH/c1-2-7-15-10-6-4-3-5-9(10)12(13)14-8-11(15)16;/h3-6H,2,7-8H2,1H3;1H. The number of fused-ring (bicyclic) bond motifs is 1. The van der Waals surface area contributed by atoms with Crippen molar-refractivity contribution in [3.05, 3.63) is 29.8 Å². The summed E-state index contributed by atoms with van der Waals surface area (Å²) in [7, 11) is 0. The average molecular weight is 273 g/mol. The predicted octanol–water partition coefficient (Wildman–Crippen LogP) is 2.85. The summed E-state index contributed by atoms with van der Waals surface area (Å²) >= 11 is 6.05. The molecule has 0 unspecified atom stereocenters. The third-order valence-electron chi connectivity index (χ3n) is 2.52. The van der Waals surface area contributed by atoms with E-state index in [0.29, 0.717) is 11.7 Å². The molecule has 0 saturated carbocycles. The fourth-order valence-electron chi connectivity index (χ4n) is 1.79. The summed E-state index contributed by atoms with van der Waals surface area (Å²) in [5.74, 6) is 0.00458. The number of rotatable bonds is 2. The van der Waals surface area contributed by atoms with Crippen LogP contribution in [0.15, 0.2) is 29.3 Å². The van der Waals surface area contributed by atoms with Crippen molar-refractivity contribution in [2.75, 3.05) is 18.0 Å². The van der Waals surface area contributed by atoms with E-state index in [-0.39, 0.29) is 24.9 Å². The Kier molecular flexibility index (Phi) is 4.97. The second-order valence-corrected chi connectivity index (χ2v) is 4.03. The van der Waals surface area contributed by atoms with Crippen LogP contribution in [0.4, 0.5) is 5.69 Å². The highest BCUT2D eigenvalue weighted by molar-refractivity contribution is 6.70. The van der Waals surface area contributed by atoms with E-state index < -0.39 is 0 Å². The molecule has 0 fully saturated rings. The van der Waals surface area contributed by atoms with Crippen molar-refractivity contribution in [1.29, 1.82) is 0 Å². The molecule has 2 rings (SSSR count). The number of benzene rings is 1. The van der Waals surface area contributed by atoms with E-state index in [2.05, 4.69) is 4.99 Å². The fraction of sp³-hybridized carbons (Fsp3) is 0.333. The van der Waals surface area contributed by atoms with Crippen molar-refractivity contribution in [1.82, 2.24) is 0 Å². The van der Waals surface area contributed by atoms with Crippen LogP contribution >= 0.6 is 24.0 Å². The monoisotopic (exact) mass is 272 g/mol. The van der Waals surface area contributed by atoms with E-state index in [1.54, 1.807) is 4.90 Å². The maximum Gasteiger partial charge on any atom is 0.248 e. The Morgan fingerprint density at radius 2 is 2.12 bits per heavy atom. The molecule has 0 radical (unpaired) electrons. The van der Waals surface area contributed by atoms with Gasteiger partial charge in [-0.05, 0) is 18.6 Å². The van der Waals surface area contributed by atoms with Crippen LogP contribution < -0.4 is 4.90 Å². The third kappa shape index (κ3) is 2.79. The van der Waals surface area contributed by atoms with Gasteiger partial charge in [0, 0.05) is 12.1 Å². The minimum atomic E-state index is 0. The van der Waals surface area contributed by atoms with E-state index in [1.807, 2.05) is 31.2 Å². The summed E-state index contributed by atoms with van der Waals surface area (Å²) in [4.78, 5) is 17.7. The van der Waals surface area contributed by atoms with E-state index >= 15 is 0 Å². The van der Waals surface area contributed by atoms with Gasteiger partial charge in [-0.15, -0.1) is 12.4 Å². The molecule has 1 aliphatic heterocycles. The third-order valence-corrected chi connectivity index (χ3v) is 2.84. The van der Waals surface area contributed by atoms with Gasteiger partial charge >= 0.3 is 0 Å². The Balaban J connectivity index is 0.00000144. The molecule has 1 aromatic rings. The van der Waals surface area contributed by atoms with Crippen molar-refractivity contribution in [2.24, 2.45) is 4.99 Å². The lowest BCUT2D eigenvalue weighted by Gasteiger charge is -2.21. The minimum absolute atomic E-state index is 0. The lowest BCUT2D eigenvalue weighted by molar-refractivity contribution is -0.117. The Morgan fingerprint density at radius 1 is 1.41 bits per heavy atom. The Morgan fingerprint density at radius 3 is 2.82 bits per heavy atom. The summed E-state index contributed by atoms with van der Waals surface area (Å²) in [6.07, 6.45) is 0.914. The molecular weight excluding hydrogens is 259 g/mol. The predicted molar refractivity (Wildman–Crippen MR) is 73.6 cm³/mol. The first-order valence-electron chi connectivity index (χ1n) is 5.33. The van der Waals surface area contributed by atoms with E-state index in [4.69, 9.17) is 11.6 Å². The van der Waals surface area contributed by atoms with Crippen LogP contribution in [0.25, 0.3) is 0 Å². The van der Waals surface area contributed by atoms with Gasteiger partial charge < -0.3 is 4.90 Å². The second-order valence-electron chi connectivity index (χ2n) is 3.67. The zero-order valence-corrected chi connectivity index (χ0v) is 11.1. The zero-order chi connectivity index (χ0) is 11.5. The van der Waals surface area contributed by atoms with Gasteiger partial charge in [-0.1, -0.05) is 30.7 Å². The molecule has 0 N–H and O–H groups in total. The topological polar surface area (TPSA) is 32.7 Å². The smallest absolute Gasteiger partial charge is 0.248 e. The van der Waals surface area contributed by atoms with Crippen LogP contribution in [0.3, 0.4) is 0 Å². The van der Waals surface area contributed by atoms with Crippen LogP contribution in [0, 0.1) is 0 Å². The fourth-order valence-corrected chi connectivity index (χ4v) is 2.01. The van der Waals surface area contributed by atoms with Gasteiger partial charge in [0.1, 0.15) is 11.7 Å². The van der Waals surface area contributed by atoms with E-state index in [0.717, 1.165) is 17.7 Å². The molecule has 5 heteroatoms. The highest BCUT2D eigenvalue weighted by atomic mass is 35.5. The van der Waals surface area contributed by atoms with Crippen molar-refractivity contribution < 1.29 is 4.79 Å². The molecule has 0 bridgehead atoms. The number of carbonyl (C=O) groups excluding carboxylic acids is 1. The van der Waals surface area contributed by atoms with Gasteiger partial charge in [0.15, 0.2) is 0 Å². The molecule has 1 aliphatic rings. The van der Waals surface area contributed by atoms with Crippen molar-refractivity contribution >= 4 is 40.8 Å². The molecule has 0 atom stereocenters. The van der Waals surface area contributed by atoms with Crippen LogP contribution in [0.1, 0.15) is 18.9 Å². The SMILES string of the molecule is CCCN1C(=O)CN=C(Cl)c2ccccc21.Cl. The molecule has 17 heavy (non-hydrogen) atoms.